The molecule has 18 heavy (non-hydrogen) atoms. The molecule has 100 valence electrons. The maximum atomic E-state index is 5.64. The second kappa shape index (κ2) is 6.05. The number of aryl methyl sites for hydroxylation is 2. The lowest BCUT2D eigenvalue weighted by Gasteiger charge is -2.24. The molecule has 0 aromatic heterocycles. The van der Waals surface area contributed by atoms with Gasteiger partial charge in [0.2, 0.25) is 0 Å². The van der Waals surface area contributed by atoms with Crippen LogP contribution in [0.2, 0.25) is 0 Å². The van der Waals surface area contributed by atoms with Crippen molar-refractivity contribution >= 4 is 0 Å². The summed E-state index contributed by atoms with van der Waals surface area (Å²) in [5.74, 6) is 0. The molecule has 1 aromatic rings. The van der Waals surface area contributed by atoms with Gasteiger partial charge in [-0.1, -0.05) is 45.0 Å². The Balaban J connectivity index is 2.62. The van der Waals surface area contributed by atoms with Gasteiger partial charge in [-0.05, 0) is 37.5 Å². The van der Waals surface area contributed by atoms with E-state index in [2.05, 4.69) is 64.4 Å². The van der Waals surface area contributed by atoms with Crippen LogP contribution >= 0.6 is 0 Å². The molecule has 1 N–H and O–H groups in total. The van der Waals surface area contributed by atoms with Crippen molar-refractivity contribution in [1.82, 2.24) is 5.48 Å². The van der Waals surface area contributed by atoms with Crippen LogP contribution in [0.1, 0.15) is 44.4 Å². The second-order valence-electron chi connectivity index (χ2n) is 5.71. The summed E-state index contributed by atoms with van der Waals surface area (Å²) < 4.78 is 0. The molecule has 0 unspecified atom stereocenters. The summed E-state index contributed by atoms with van der Waals surface area (Å²) in [6.45, 7) is 13.3. The number of allylic oxidation sites excluding steroid dienone is 2. The molecule has 0 amide bonds. The summed E-state index contributed by atoms with van der Waals surface area (Å²) in [6, 6.07) is 6.31. The summed E-state index contributed by atoms with van der Waals surface area (Å²) in [4.78, 5) is 5.64. The standard InChI is InChI=1S/C16H25NO/c1-7-15(16(4,5)6)17-18-11-14-12(2)9-8-10-13(14)3/h7-10,17H,11H2,1-6H3/b15-7+. The third kappa shape index (κ3) is 3.88. The average Bonchev–Trinajstić information content (AvgIpc) is 2.26. The SMILES string of the molecule is C/C=C(/NOCc1c(C)cccc1C)C(C)(C)C. The van der Waals surface area contributed by atoms with Crippen LogP contribution < -0.4 is 5.48 Å². The Hall–Kier alpha value is -1.28. The molecule has 0 bridgehead atoms. The van der Waals surface area contributed by atoms with E-state index in [1.54, 1.807) is 0 Å². The molecule has 1 aromatic carbocycles. The normalized spacial score (nSPS) is 12.7. The Kier molecular flexibility index (Phi) is 4.97. The quantitative estimate of drug-likeness (QED) is 0.802. The first kappa shape index (κ1) is 14.8. The van der Waals surface area contributed by atoms with Crippen LogP contribution in [0.5, 0.6) is 0 Å². The molecule has 0 heterocycles. The number of nitrogens with one attached hydrogen (secondary N) is 1. The summed E-state index contributed by atoms with van der Waals surface area (Å²) >= 11 is 0. The lowest BCUT2D eigenvalue weighted by molar-refractivity contribution is 0.0364. The fourth-order valence-electron chi connectivity index (χ4n) is 1.91. The van der Waals surface area contributed by atoms with E-state index in [0.717, 1.165) is 5.70 Å². The molecule has 0 aliphatic heterocycles. The predicted molar refractivity (Wildman–Crippen MR) is 77.1 cm³/mol. The van der Waals surface area contributed by atoms with Crippen molar-refractivity contribution in [2.45, 2.75) is 48.1 Å². The molecule has 2 heteroatoms. The Labute approximate surface area is 111 Å². The molecule has 1 rings (SSSR count). The van der Waals surface area contributed by atoms with Crippen molar-refractivity contribution in [3.8, 4) is 0 Å². The van der Waals surface area contributed by atoms with Gasteiger partial charge in [0.25, 0.3) is 0 Å². The second-order valence-corrected chi connectivity index (χ2v) is 5.71. The van der Waals surface area contributed by atoms with Crippen LogP contribution in [0.25, 0.3) is 0 Å². The fraction of sp³-hybridized carbons (Fsp3) is 0.500. The first-order valence-corrected chi connectivity index (χ1v) is 6.46. The van der Waals surface area contributed by atoms with Gasteiger partial charge in [0.15, 0.2) is 0 Å². The highest BCUT2D eigenvalue weighted by molar-refractivity contribution is 5.32. The first-order valence-electron chi connectivity index (χ1n) is 6.46. The third-order valence-corrected chi connectivity index (χ3v) is 3.14. The largest absolute Gasteiger partial charge is 0.272 e. The van der Waals surface area contributed by atoms with Gasteiger partial charge in [-0.25, -0.2) is 0 Å². The van der Waals surface area contributed by atoms with E-state index < -0.39 is 0 Å². The number of hydrogen-bond acceptors (Lipinski definition) is 2. The van der Waals surface area contributed by atoms with Crippen LogP contribution in [0.3, 0.4) is 0 Å². The number of benzene rings is 1. The van der Waals surface area contributed by atoms with Gasteiger partial charge < -0.3 is 0 Å². The average molecular weight is 247 g/mol. The van der Waals surface area contributed by atoms with Gasteiger partial charge in [0, 0.05) is 11.1 Å². The van der Waals surface area contributed by atoms with E-state index in [0.29, 0.717) is 6.61 Å². The van der Waals surface area contributed by atoms with E-state index in [1.165, 1.54) is 16.7 Å². The van der Waals surface area contributed by atoms with E-state index >= 15 is 0 Å². The lowest BCUT2D eigenvalue weighted by Crippen LogP contribution is -2.24. The Morgan fingerprint density at radius 2 is 1.78 bits per heavy atom. The van der Waals surface area contributed by atoms with Crippen LogP contribution in [-0.4, -0.2) is 0 Å². The maximum absolute atomic E-state index is 5.64. The first-order chi connectivity index (χ1) is 8.36. The highest BCUT2D eigenvalue weighted by Gasteiger charge is 2.16. The van der Waals surface area contributed by atoms with E-state index in [4.69, 9.17) is 4.84 Å². The van der Waals surface area contributed by atoms with Gasteiger partial charge in [-0.2, -0.15) is 0 Å². The zero-order valence-electron chi connectivity index (χ0n) is 12.4. The van der Waals surface area contributed by atoms with Crippen molar-refractivity contribution in [2.24, 2.45) is 5.41 Å². The Morgan fingerprint density at radius 3 is 2.22 bits per heavy atom. The molecular weight excluding hydrogens is 222 g/mol. The summed E-state index contributed by atoms with van der Waals surface area (Å²) in [5, 5.41) is 0. The fourth-order valence-corrected chi connectivity index (χ4v) is 1.91. The summed E-state index contributed by atoms with van der Waals surface area (Å²) in [6.07, 6.45) is 2.06. The van der Waals surface area contributed by atoms with Gasteiger partial charge in [0.1, 0.15) is 6.61 Å². The van der Waals surface area contributed by atoms with Crippen molar-refractivity contribution < 1.29 is 4.84 Å². The predicted octanol–water partition coefficient (Wildman–Crippen LogP) is 4.27. The highest BCUT2D eigenvalue weighted by atomic mass is 16.6. The minimum Gasteiger partial charge on any atom is -0.272 e. The summed E-state index contributed by atoms with van der Waals surface area (Å²) in [5.41, 5.74) is 8.06. The van der Waals surface area contributed by atoms with Gasteiger partial charge in [0.05, 0.1) is 0 Å². The van der Waals surface area contributed by atoms with Crippen molar-refractivity contribution in [2.75, 3.05) is 0 Å². The van der Waals surface area contributed by atoms with Crippen LogP contribution in [-0.2, 0) is 11.4 Å². The van der Waals surface area contributed by atoms with Crippen LogP contribution in [0, 0.1) is 19.3 Å². The Bertz CT molecular complexity index is 407. The van der Waals surface area contributed by atoms with Gasteiger partial charge in [-0.3, -0.25) is 10.3 Å². The molecule has 0 saturated carbocycles. The molecule has 0 atom stereocenters. The van der Waals surface area contributed by atoms with E-state index in [1.807, 2.05) is 6.92 Å². The molecule has 0 radical (unpaired) electrons. The van der Waals surface area contributed by atoms with Gasteiger partial charge >= 0.3 is 0 Å². The lowest BCUT2D eigenvalue weighted by atomic mass is 9.92. The molecule has 0 fully saturated rings. The molecule has 0 aliphatic carbocycles. The van der Waals surface area contributed by atoms with Crippen molar-refractivity contribution in [3.05, 3.63) is 46.7 Å². The van der Waals surface area contributed by atoms with Gasteiger partial charge in [-0.15, -0.1) is 0 Å². The van der Waals surface area contributed by atoms with E-state index in [9.17, 15) is 0 Å². The van der Waals surface area contributed by atoms with E-state index in [-0.39, 0.29) is 5.41 Å². The minimum atomic E-state index is 0.0789. The van der Waals surface area contributed by atoms with Crippen molar-refractivity contribution in [1.29, 1.82) is 0 Å². The number of hydrogen-bond donors (Lipinski definition) is 1. The molecule has 0 saturated heterocycles. The molecule has 2 nitrogen and oxygen atoms in total. The smallest absolute Gasteiger partial charge is 0.100 e. The zero-order chi connectivity index (χ0) is 13.8. The molecule has 0 aliphatic rings. The van der Waals surface area contributed by atoms with Crippen LogP contribution in [0.4, 0.5) is 0 Å². The minimum absolute atomic E-state index is 0.0789. The summed E-state index contributed by atoms with van der Waals surface area (Å²) in [7, 11) is 0. The molecule has 0 spiro atoms. The third-order valence-electron chi connectivity index (χ3n) is 3.14. The monoisotopic (exact) mass is 247 g/mol. The Morgan fingerprint density at radius 1 is 1.22 bits per heavy atom. The highest BCUT2D eigenvalue weighted by Crippen LogP contribution is 2.23. The zero-order valence-corrected chi connectivity index (χ0v) is 12.4. The topological polar surface area (TPSA) is 21.3 Å². The number of rotatable bonds is 4. The van der Waals surface area contributed by atoms with Crippen LogP contribution in [0.15, 0.2) is 30.0 Å². The molecular formula is C16H25NO. The van der Waals surface area contributed by atoms with Crippen molar-refractivity contribution in [3.63, 3.8) is 0 Å². The maximum Gasteiger partial charge on any atom is 0.100 e. The number of hydroxylamine groups is 1.